The Hall–Kier alpha value is -0.800. The summed E-state index contributed by atoms with van der Waals surface area (Å²) in [4.78, 5) is 24.9. The van der Waals surface area contributed by atoms with Crippen LogP contribution in [0.4, 0.5) is 0 Å². The van der Waals surface area contributed by atoms with Gasteiger partial charge in [0.25, 0.3) is 5.91 Å². The summed E-state index contributed by atoms with van der Waals surface area (Å²) in [5.41, 5.74) is 3.32. The Morgan fingerprint density at radius 1 is 0.912 bits per heavy atom. The summed E-state index contributed by atoms with van der Waals surface area (Å²) in [5.74, 6) is -0.219. The Kier molecular flexibility index (Phi) is 10.6. The van der Waals surface area contributed by atoms with Crippen molar-refractivity contribution < 1.29 is 19.1 Å². The highest BCUT2D eigenvalue weighted by Gasteiger charge is 2.17. The van der Waals surface area contributed by atoms with Crippen LogP contribution in [0.5, 0.6) is 11.5 Å². The van der Waals surface area contributed by atoms with E-state index >= 15 is 0 Å². The van der Waals surface area contributed by atoms with Gasteiger partial charge in [-0.1, -0.05) is 44.0 Å². The highest BCUT2D eigenvalue weighted by atomic mass is 127. The van der Waals surface area contributed by atoms with Crippen molar-refractivity contribution >= 4 is 120 Å². The van der Waals surface area contributed by atoms with Gasteiger partial charge in [0.05, 0.1) is 25.2 Å². The Morgan fingerprint density at radius 3 is 2.15 bits per heavy atom. The maximum absolute atomic E-state index is 12.7. The first-order valence-corrected chi connectivity index (χ1v) is 14.2. The summed E-state index contributed by atoms with van der Waals surface area (Å²) in [7, 11) is 0. The Balaban J connectivity index is 1.70. The lowest BCUT2D eigenvalue weighted by Gasteiger charge is -2.11. The number of hydrogen-bond acceptors (Lipinski definition) is 5. The molecule has 0 aliphatic carbocycles. The normalized spacial score (nSPS) is 10.9. The summed E-state index contributed by atoms with van der Waals surface area (Å²) in [5, 5.41) is 3.98. The molecule has 0 bridgehead atoms. The molecule has 0 radical (unpaired) electrons. The van der Waals surface area contributed by atoms with Crippen LogP contribution in [0.3, 0.4) is 0 Å². The molecule has 12 heteroatoms. The summed E-state index contributed by atoms with van der Waals surface area (Å²) < 4.78 is 15.5. The minimum Gasteiger partial charge on any atom is -0.481 e. The van der Waals surface area contributed by atoms with Crippen molar-refractivity contribution in [3.8, 4) is 11.5 Å². The molecule has 0 fully saturated rings. The van der Waals surface area contributed by atoms with E-state index in [2.05, 4.69) is 113 Å². The molecular formula is C22H12Br5IN2O4. The lowest BCUT2D eigenvalue weighted by atomic mass is 10.2. The van der Waals surface area contributed by atoms with Crippen LogP contribution in [-0.4, -0.2) is 24.7 Å². The van der Waals surface area contributed by atoms with Gasteiger partial charge in [-0.2, -0.15) is 5.10 Å². The van der Waals surface area contributed by atoms with Gasteiger partial charge in [-0.25, -0.2) is 10.2 Å². The van der Waals surface area contributed by atoms with Crippen molar-refractivity contribution in [1.82, 2.24) is 5.43 Å². The first-order valence-electron chi connectivity index (χ1n) is 9.20. The third kappa shape index (κ3) is 7.60. The smallest absolute Gasteiger partial charge is 0.344 e. The second kappa shape index (κ2) is 12.9. The highest BCUT2D eigenvalue weighted by molar-refractivity contribution is 14.1. The monoisotopic (exact) mass is 890 g/mol. The zero-order valence-electron chi connectivity index (χ0n) is 16.8. The summed E-state index contributed by atoms with van der Waals surface area (Å²) in [6.07, 6.45) is 1.39. The molecule has 0 saturated carbocycles. The van der Waals surface area contributed by atoms with Crippen LogP contribution in [0.2, 0.25) is 0 Å². The number of nitrogens with zero attached hydrogens (tertiary/aromatic N) is 1. The van der Waals surface area contributed by atoms with E-state index in [1.165, 1.54) is 6.21 Å². The topological polar surface area (TPSA) is 77.0 Å². The van der Waals surface area contributed by atoms with E-state index in [-0.39, 0.29) is 12.4 Å². The first-order chi connectivity index (χ1) is 16.2. The number of carbonyl (C=O) groups excluding carboxylic acids is 2. The van der Waals surface area contributed by atoms with Crippen LogP contribution in [0, 0.1) is 3.57 Å². The number of hydrazone groups is 1. The van der Waals surface area contributed by atoms with Gasteiger partial charge in [0, 0.05) is 18.1 Å². The molecule has 176 valence electrons. The molecule has 1 N–H and O–H groups in total. The van der Waals surface area contributed by atoms with E-state index in [0.717, 1.165) is 12.5 Å². The third-order valence-electron chi connectivity index (χ3n) is 4.03. The molecule has 3 aromatic rings. The molecule has 0 unspecified atom stereocenters. The van der Waals surface area contributed by atoms with E-state index in [0.29, 0.717) is 30.3 Å². The molecule has 0 atom stereocenters. The van der Waals surface area contributed by atoms with Crippen LogP contribution in [-0.2, 0) is 4.79 Å². The minimum absolute atomic E-state index is 0.257. The molecule has 0 heterocycles. The Morgan fingerprint density at radius 2 is 1.50 bits per heavy atom. The molecule has 6 nitrogen and oxygen atoms in total. The second-order valence-corrected chi connectivity index (χ2v) is 12.0. The largest absolute Gasteiger partial charge is 0.481 e. The molecule has 0 aliphatic heterocycles. The van der Waals surface area contributed by atoms with Crippen molar-refractivity contribution in [3.05, 3.63) is 85.6 Å². The zero-order chi connectivity index (χ0) is 24.8. The molecule has 3 aromatic carbocycles. The van der Waals surface area contributed by atoms with Gasteiger partial charge < -0.3 is 9.47 Å². The zero-order valence-corrected chi connectivity index (χ0v) is 26.8. The maximum atomic E-state index is 12.7. The molecule has 3 rings (SSSR count). The summed E-state index contributed by atoms with van der Waals surface area (Å²) in [6, 6.07) is 14.2. The molecule has 0 saturated heterocycles. The van der Waals surface area contributed by atoms with Crippen LogP contribution < -0.4 is 14.9 Å². The van der Waals surface area contributed by atoms with Gasteiger partial charge in [0.2, 0.25) is 0 Å². The van der Waals surface area contributed by atoms with Crippen molar-refractivity contribution in [1.29, 1.82) is 0 Å². The number of hydrogen-bond donors (Lipinski definition) is 1. The first kappa shape index (κ1) is 27.8. The Bertz CT molecular complexity index is 1260. The number of benzene rings is 3. The number of rotatable bonds is 7. The van der Waals surface area contributed by atoms with Crippen molar-refractivity contribution in [2.45, 2.75) is 0 Å². The molecule has 0 aliphatic rings. The van der Waals surface area contributed by atoms with Crippen molar-refractivity contribution in [2.75, 3.05) is 6.61 Å². The number of carbonyl (C=O) groups is 2. The molecule has 34 heavy (non-hydrogen) atoms. The maximum Gasteiger partial charge on any atom is 0.344 e. The minimum atomic E-state index is -0.509. The van der Waals surface area contributed by atoms with Crippen LogP contribution in [0.15, 0.2) is 76.0 Å². The SMILES string of the molecule is O=C(COc1c(Br)cc(Br)cc1Br)N/N=C/c1cc(Br)cc(Br)c1OC(=O)c1ccccc1I. The van der Waals surface area contributed by atoms with E-state index in [9.17, 15) is 9.59 Å². The quantitative estimate of drug-likeness (QED) is 0.0863. The number of nitrogens with one attached hydrogen (secondary N) is 1. The van der Waals surface area contributed by atoms with Gasteiger partial charge in [-0.05, 0) is 107 Å². The van der Waals surface area contributed by atoms with Gasteiger partial charge in [0.15, 0.2) is 12.4 Å². The van der Waals surface area contributed by atoms with Gasteiger partial charge in [0.1, 0.15) is 5.75 Å². The van der Waals surface area contributed by atoms with E-state index in [4.69, 9.17) is 9.47 Å². The average molecular weight is 895 g/mol. The van der Waals surface area contributed by atoms with Crippen LogP contribution in [0.1, 0.15) is 15.9 Å². The number of ether oxygens (including phenoxy) is 2. The highest BCUT2D eigenvalue weighted by Crippen LogP contribution is 2.36. The van der Waals surface area contributed by atoms with Gasteiger partial charge >= 0.3 is 5.97 Å². The van der Waals surface area contributed by atoms with Crippen LogP contribution >= 0.6 is 102 Å². The molecule has 0 aromatic heterocycles. The fourth-order valence-corrected chi connectivity index (χ4v) is 7.00. The third-order valence-corrected chi connectivity index (χ3v) is 7.65. The van der Waals surface area contributed by atoms with Crippen LogP contribution in [0.25, 0.3) is 0 Å². The van der Waals surface area contributed by atoms with E-state index in [1.807, 2.05) is 12.1 Å². The van der Waals surface area contributed by atoms with Crippen molar-refractivity contribution in [3.63, 3.8) is 0 Å². The lowest BCUT2D eigenvalue weighted by molar-refractivity contribution is -0.123. The fourth-order valence-electron chi connectivity index (χ4n) is 2.57. The number of esters is 1. The van der Waals surface area contributed by atoms with Gasteiger partial charge in [-0.15, -0.1) is 0 Å². The average Bonchev–Trinajstić information content (AvgIpc) is 2.75. The van der Waals surface area contributed by atoms with E-state index in [1.54, 1.807) is 36.4 Å². The van der Waals surface area contributed by atoms with E-state index < -0.39 is 11.9 Å². The summed E-state index contributed by atoms with van der Waals surface area (Å²) in [6.45, 7) is -0.257. The standard InChI is InChI=1S/C22H12Br5IN2O4/c23-12-5-11(20(15(25)6-12)34-22(32)14-3-1-2-4-18(14)28)9-29-30-19(31)10-33-21-16(26)7-13(24)8-17(21)27/h1-9H,10H2,(H,30,31)/b29-9+. The predicted molar refractivity (Wildman–Crippen MR) is 157 cm³/mol. The van der Waals surface area contributed by atoms with Gasteiger partial charge in [-0.3, -0.25) is 4.79 Å². The number of halogens is 6. The predicted octanol–water partition coefficient (Wildman–Crippen LogP) is 7.85. The number of amides is 1. The van der Waals surface area contributed by atoms with Crippen molar-refractivity contribution in [2.24, 2.45) is 5.10 Å². The summed E-state index contributed by atoms with van der Waals surface area (Å²) >= 11 is 19.1. The fraction of sp³-hybridized carbons (Fsp3) is 0.0455. The Labute approximate surface area is 251 Å². The second-order valence-electron chi connectivity index (χ2n) is 6.46. The molecular weight excluding hydrogens is 883 g/mol. The molecule has 0 spiro atoms. The lowest BCUT2D eigenvalue weighted by Crippen LogP contribution is -2.24. The molecule has 1 amide bonds.